The third kappa shape index (κ3) is 4.45. The van der Waals surface area contributed by atoms with Crippen molar-refractivity contribution < 1.29 is 19.1 Å². The maximum Gasteiger partial charge on any atom is 0.320 e. The Bertz CT molecular complexity index is 357. The minimum atomic E-state index is -0.248. The molecule has 20 heavy (non-hydrogen) atoms. The molecule has 1 amide bonds. The van der Waals surface area contributed by atoms with E-state index in [4.69, 9.17) is 9.47 Å². The summed E-state index contributed by atoms with van der Waals surface area (Å²) in [6, 6.07) is 0.363. The molecule has 1 atom stereocenters. The fourth-order valence-electron chi connectivity index (χ4n) is 2.44. The smallest absolute Gasteiger partial charge is 0.320 e. The second kappa shape index (κ2) is 7.04. The molecule has 0 spiro atoms. The highest BCUT2D eigenvalue weighted by atomic mass is 16.5. The van der Waals surface area contributed by atoms with Crippen molar-refractivity contribution in [3.05, 3.63) is 0 Å². The first-order valence-electron chi connectivity index (χ1n) is 7.39. The molecule has 2 rings (SSSR count). The SMILES string of the molecule is CCOC(=O)CN(CC(=O)N1CCO[C@@H](C)C1)C1CC1. The third-order valence-corrected chi connectivity index (χ3v) is 3.63. The van der Waals surface area contributed by atoms with Crippen LogP contribution in [0.2, 0.25) is 0 Å². The Morgan fingerprint density at radius 1 is 1.35 bits per heavy atom. The largest absolute Gasteiger partial charge is 0.465 e. The van der Waals surface area contributed by atoms with Gasteiger partial charge in [-0.1, -0.05) is 0 Å². The molecule has 2 aliphatic rings. The van der Waals surface area contributed by atoms with Crippen LogP contribution in [0.5, 0.6) is 0 Å². The first kappa shape index (κ1) is 15.3. The van der Waals surface area contributed by atoms with E-state index in [-0.39, 0.29) is 24.5 Å². The molecule has 1 saturated heterocycles. The molecule has 1 saturated carbocycles. The minimum Gasteiger partial charge on any atom is -0.465 e. The van der Waals surface area contributed by atoms with E-state index in [2.05, 4.69) is 0 Å². The van der Waals surface area contributed by atoms with Gasteiger partial charge in [-0.25, -0.2) is 0 Å². The monoisotopic (exact) mass is 284 g/mol. The lowest BCUT2D eigenvalue weighted by molar-refractivity contribution is -0.146. The Kier molecular flexibility index (Phi) is 5.37. The number of carbonyl (C=O) groups excluding carboxylic acids is 2. The molecule has 6 heteroatoms. The zero-order chi connectivity index (χ0) is 14.5. The Hall–Kier alpha value is -1.14. The van der Waals surface area contributed by atoms with Gasteiger partial charge in [0, 0.05) is 19.1 Å². The summed E-state index contributed by atoms with van der Waals surface area (Å²) >= 11 is 0. The van der Waals surface area contributed by atoms with Gasteiger partial charge < -0.3 is 14.4 Å². The Morgan fingerprint density at radius 2 is 2.10 bits per heavy atom. The molecule has 0 aromatic heterocycles. The number of esters is 1. The molecular weight excluding hydrogens is 260 g/mol. The fraction of sp³-hybridized carbons (Fsp3) is 0.857. The normalized spacial score (nSPS) is 22.9. The van der Waals surface area contributed by atoms with Crippen LogP contribution in [-0.4, -0.2) is 73.2 Å². The second-order valence-electron chi connectivity index (χ2n) is 5.46. The van der Waals surface area contributed by atoms with Gasteiger partial charge in [-0.2, -0.15) is 0 Å². The summed E-state index contributed by atoms with van der Waals surface area (Å²) in [4.78, 5) is 27.7. The van der Waals surface area contributed by atoms with Gasteiger partial charge >= 0.3 is 5.97 Å². The predicted octanol–water partition coefficient (Wildman–Crippen LogP) is 0.261. The maximum atomic E-state index is 12.3. The summed E-state index contributed by atoms with van der Waals surface area (Å²) in [6.45, 7) is 6.52. The average Bonchev–Trinajstić information content (AvgIpc) is 3.22. The standard InChI is InChI=1S/C14H24N2O4/c1-3-19-14(18)10-16(12-4-5-12)9-13(17)15-6-7-20-11(2)8-15/h11-12H,3-10H2,1-2H3/t11-/m0/s1. The van der Waals surface area contributed by atoms with Crippen molar-refractivity contribution in [2.75, 3.05) is 39.4 Å². The number of hydrogen-bond donors (Lipinski definition) is 0. The molecule has 0 aromatic carbocycles. The zero-order valence-corrected chi connectivity index (χ0v) is 12.3. The molecule has 2 fully saturated rings. The van der Waals surface area contributed by atoms with E-state index < -0.39 is 0 Å². The minimum absolute atomic E-state index is 0.0800. The maximum absolute atomic E-state index is 12.3. The van der Waals surface area contributed by atoms with E-state index in [1.54, 1.807) is 6.92 Å². The van der Waals surface area contributed by atoms with Crippen LogP contribution < -0.4 is 0 Å². The quantitative estimate of drug-likeness (QED) is 0.655. The molecule has 1 aliphatic carbocycles. The molecule has 0 N–H and O–H groups in total. The van der Waals surface area contributed by atoms with E-state index in [9.17, 15) is 9.59 Å². The van der Waals surface area contributed by atoms with Crippen LogP contribution in [0.4, 0.5) is 0 Å². The first-order valence-corrected chi connectivity index (χ1v) is 7.39. The second-order valence-corrected chi connectivity index (χ2v) is 5.46. The number of carbonyl (C=O) groups is 2. The number of morpholine rings is 1. The van der Waals surface area contributed by atoms with Crippen molar-refractivity contribution in [2.45, 2.75) is 38.8 Å². The van der Waals surface area contributed by atoms with Gasteiger partial charge in [-0.3, -0.25) is 14.5 Å². The predicted molar refractivity (Wildman–Crippen MR) is 73.2 cm³/mol. The van der Waals surface area contributed by atoms with E-state index in [1.165, 1.54) is 0 Å². The molecule has 1 heterocycles. The van der Waals surface area contributed by atoms with E-state index >= 15 is 0 Å². The highest BCUT2D eigenvalue weighted by Gasteiger charge is 2.33. The van der Waals surface area contributed by atoms with Crippen LogP contribution in [0.25, 0.3) is 0 Å². The summed E-state index contributed by atoms with van der Waals surface area (Å²) in [5, 5.41) is 0. The van der Waals surface area contributed by atoms with Crippen molar-refractivity contribution in [2.24, 2.45) is 0 Å². The third-order valence-electron chi connectivity index (χ3n) is 3.63. The number of nitrogens with zero attached hydrogens (tertiary/aromatic N) is 2. The number of hydrogen-bond acceptors (Lipinski definition) is 5. The van der Waals surface area contributed by atoms with Gasteiger partial charge in [0.15, 0.2) is 0 Å². The number of ether oxygens (including phenoxy) is 2. The van der Waals surface area contributed by atoms with Crippen molar-refractivity contribution in [3.8, 4) is 0 Å². The van der Waals surface area contributed by atoms with Crippen LogP contribution >= 0.6 is 0 Å². The molecule has 0 radical (unpaired) electrons. The Labute approximate surface area is 120 Å². The van der Waals surface area contributed by atoms with Crippen molar-refractivity contribution >= 4 is 11.9 Å². The van der Waals surface area contributed by atoms with E-state index in [0.29, 0.717) is 38.9 Å². The lowest BCUT2D eigenvalue weighted by atomic mass is 10.3. The highest BCUT2D eigenvalue weighted by molar-refractivity contribution is 5.79. The van der Waals surface area contributed by atoms with Crippen molar-refractivity contribution in [1.82, 2.24) is 9.80 Å². The van der Waals surface area contributed by atoms with Gasteiger partial charge in [-0.15, -0.1) is 0 Å². The summed E-state index contributed by atoms with van der Waals surface area (Å²) in [5.41, 5.74) is 0. The fourth-order valence-corrected chi connectivity index (χ4v) is 2.44. The summed E-state index contributed by atoms with van der Waals surface area (Å²) < 4.78 is 10.4. The lowest BCUT2D eigenvalue weighted by Gasteiger charge is -2.33. The topological polar surface area (TPSA) is 59.1 Å². The molecule has 6 nitrogen and oxygen atoms in total. The summed E-state index contributed by atoms with van der Waals surface area (Å²) in [5.74, 6) is -0.168. The Morgan fingerprint density at radius 3 is 2.70 bits per heavy atom. The van der Waals surface area contributed by atoms with Gasteiger partial charge in [0.05, 0.1) is 32.4 Å². The summed E-state index contributed by atoms with van der Waals surface area (Å²) in [6.07, 6.45) is 2.21. The van der Waals surface area contributed by atoms with Crippen molar-refractivity contribution in [3.63, 3.8) is 0 Å². The zero-order valence-electron chi connectivity index (χ0n) is 12.3. The number of amides is 1. The van der Waals surface area contributed by atoms with Crippen molar-refractivity contribution in [1.29, 1.82) is 0 Å². The molecule has 1 aliphatic heterocycles. The Balaban J connectivity index is 1.84. The van der Waals surface area contributed by atoms with Crippen LogP contribution in [0.3, 0.4) is 0 Å². The van der Waals surface area contributed by atoms with Crippen LogP contribution in [0.15, 0.2) is 0 Å². The molecule has 114 valence electrons. The first-order chi connectivity index (χ1) is 9.60. The van der Waals surface area contributed by atoms with Crippen LogP contribution in [0.1, 0.15) is 26.7 Å². The average molecular weight is 284 g/mol. The molecule has 0 unspecified atom stereocenters. The summed E-state index contributed by atoms with van der Waals surface area (Å²) in [7, 11) is 0. The van der Waals surface area contributed by atoms with Gasteiger partial charge in [0.2, 0.25) is 5.91 Å². The van der Waals surface area contributed by atoms with Gasteiger partial charge in [0.1, 0.15) is 0 Å². The van der Waals surface area contributed by atoms with E-state index in [1.807, 2.05) is 16.7 Å². The van der Waals surface area contributed by atoms with Gasteiger partial charge in [-0.05, 0) is 26.7 Å². The molecule has 0 aromatic rings. The number of rotatable bonds is 6. The molecule has 0 bridgehead atoms. The van der Waals surface area contributed by atoms with Crippen LogP contribution in [-0.2, 0) is 19.1 Å². The highest BCUT2D eigenvalue weighted by Crippen LogP contribution is 2.26. The van der Waals surface area contributed by atoms with E-state index in [0.717, 1.165) is 12.8 Å². The van der Waals surface area contributed by atoms with Gasteiger partial charge in [0.25, 0.3) is 0 Å². The lowest BCUT2D eigenvalue weighted by Crippen LogP contribution is -2.49. The van der Waals surface area contributed by atoms with Crippen LogP contribution in [0, 0.1) is 0 Å². The molecular formula is C14H24N2O4.